The van der Waals surface area contributed by atoms with Crippen molar-refractivity contribution in [2.75, 3.05) is 11.1 Å². The van der Waals surface area contributed by atoms with E-state index in [1.165, 1.54) is 12.1 Å². The first-order valence-corrected chi connectivity index (χ1v) is 5.76. The van der Waals surface area contributed by atoms with Gasteiger partial charge in [-0.05, 0) is 24.1 Å². The molecule has 0 saturated heterocycles. The highest BCUT2D eigenvalue weighted by Gasteiger charge is 2.07. The number of nitro groups is 1. The minimum atomic E-state index is -0.414. The lowest BCUT2D eigenvalue weighted by Gasteiger charge is -2.09. The molecule has 3 N–H and O–H groups in total. The molecule has 0 aliphatic carbocycles. The molecule has 0 bridgehead atoms. The zero-order valence-electron chi connectivity index (χ0n) is 10.5. The molecule has 98 valence electrons. The van der Waals surface area contributed by atoms with Crippen LogP contribution in [0.1, 0.15) is 11.1 Å². The lowest BCUT2D eigenvalue weighted by atomic mass is 10.2. The van der Waals surface area contributed by atoms with Crippen molar-refractivity contribution < 1.29 is 4.92 Å². The molecule has 0 saturated carbocycles. The van der Waals surface area contributed by atoms with Gasteiger partial charge in [0.15, 0.2) is 0 Å². The van der Waals surface area contributed by atoms with Crippen molar-refractivity contribution in [2.24, 2.45) is 0 Å². The Labute approximate surface area is 110 Å². The highest BCUT2D eigenvalue weighted by molar-refractivity contribution is 5.64. The number of rotatable bonds is 4. The number of nitrogens with one attached hydrogen (secondary N) is 1. The molecule has 2 aromatic rings. The second kappa shape index (κ2) is 5.34. The number of nitrogen functional groups attached to an aromatic ring is 1. The minimum Gasteiger partial charge on any atom is -0.396 e. The molecular formula is C13H14N4O2. The predicted molar refractivity (Wildman–Crippen MR) is 73.8 cm³/mol. The molecule has 0 unspecified atom stereocenters. The highest BCUT2D eigenvalue weighted by atomic mass is 16.6. The summed E-state index contributed by atoms with van der Waals surface area (Å²) in [6.45, 7) is 2.33. The normalized spacial score (nSPS) is 10.2. The Hall–Kier alpha value is -2.63. The Morgan fingerprint density at radius 3 is 2.95 bits per heavy atom. The number of hydrogen-bond donors (Lipinski definition) is 2. The van der Waals surface area contributed by atoms with Gasteiger partial charge in [0.2, 0.25) is 0 Å². The third-order valence-corrected chi connectivity index (χ3v) is 2.79. The number of nitrogens with zero attached hydrogens (tertiary/aromatic N) is 2. The van der Waals surface area contributed by atoms with E-state index in [1.54, 1.807) is 12.3 Å². The number of aromatic nitrogens is 1. The van der Waals surface area contributed by atoms with Gasteiger partial charge in [-0.2, -0.15) is 0 Å². The van der Waals surface area contributed by atoms with Gasteiger partial charge in [-0.25, -0.2) is 4.98 Å². The highest BCUT2D eigenvalue weighted by Crippen LogP contribution is 2.20. The molecule has 0 aliphatic rings. The van der Waals surface area contributed by atoms with E-state index in [4.69, 9.17) is 5.73 Å². The Kier molecular flexibility index (Phi) is 3.61. The molecule has 1 aromatic carbocycles. The van der Waals surface area contributed by atoms with Crippen molar-refractivity contribution in [1.82, 2.24) is 4.98 Å². The molecule has 6 nitrogen and oxygen atoms in total. The molecule has 0 atom stereocenters. The van der Waals surface area contributed by atoms with Gasteiger partial charge in [0.1, 0.15) is 5.82 Å². The van der Waals surface area contributed by atoms with E-state index in [9.17, 15) is 10.1 Å². The molecule has 19 heavy (non-hydrogen) atoms. The third kappa shape index (κ3) is 2.98. The maximum Gasteiger partial charge on any atom is 0.269 e. The van der Waals surface area contributed by atoms with Crippen LogP contribution < -0.4 is 11.1 Å². The largest absolute Gasteiger partial charge is 0.396 e. The predicted octanol–water partition coefficient (Wildman–Crippen LogP) is 2.49. The van der Waals surface area contributed by atoms with Crippen LogP contribution >= 0.6 is 0 Å². The Balaban J connectivity index is 2.12. The average molecular weight is 258 g/mol. The minimum absolute atomic E-state index is 0.0736. The van der Waals surface area contributed by atoms with E-state index in [0.29, 0.717) is 18.1 Å². The third-order valence-electron chi connectivity index (χ3n) is 2.79. The van der Waals surface area contributed by atoms with Crippen LogP contribution in [-0.2, 0) is 6.54 Å². The maximum absolute atomic E-state index is 10.7. The number of anilines is 2. The summed E-state index contributed by atoms with van der Waals surface area (Å²) >= 11 is 0. The van der Waals surface area contributed by atoms with Crippen LogP contribution in [0.3, 0.4) is 0 Å². The molecule has 0 amide bonds. The Morgan fingerprint density at radius 1 is 1.42 bits per heavy atom. The summed E-state index contributed by atoms with van der Waals surface area (Å²) in [6, 6.07) is 8.28. The van der Waals surface area contributed by atoms with Crippen molar-refractivity contribution in [3.63, 3.8) is 0 Å². The Bertz CT molecular complexity index is 613. The van der Waals surface area contributed by atoms with Gasteiger partial charge in [0.25, 0.3) is 5.69 Å². The number of non-ortho nitro benzene ring substituents is 1. The van der Waals surface area contributed by atoms with Crippen molar-refractivity contribution in [2.45, 2.75) is 13.5 Å². The second-order valence-electron chi connectivity index (χ2n) is 4.17. The first-order chi connectivity index (χ1) is 9.08. The van der Waals surface area contributed by atoms with Gasteiger partial charge in [-0.3, -0.25) is 10.1 Å². The SMILES string of the molecule is Cc1ccnc(NCc2cccc([N+](=O)[O-])c2)c1N. The van der Waals surface area contributed by atoms with Crippen molar-refractivity contribution in [1.29, 1.82) is 0 Å². The van der Waals surface area contributed by atoms with Crippen molar-refractivity contribution >= 4 is 17.2 Å². The van der Waals surface area contributed by atoms with Gasteiger partial charge >= 0.3 is 0 Å². The Morgan fingerprint density at radius 2 is 2.21 bits per heavy atom. The standard InChI is InChI=1S/C13H14N4O2/c1-9-5-6-15-13(12(9)14)16-8-10-3-2-4-11(7-10)17(18)19/h2-7H,8,14H2,1H3,(H,15,16). The number of benzene rings is 1. The fraction of sp³-hybridized carbons (Fsp3) is 0.154. The second-order valence-corrected chi connectivity index (χ2v) is 4.17. The van der Waals surface area contributed by atoms with E-state index in [2.05, 4.69) is 10.3 Å². The summed E-state index contributed by atoms with van der Waals surface area (Å²) in [4.78, 5) is 14.4. The number of nitrogens with two attached hydrogens (primary N) is 1. The molecule has 1 heterocycles. The number of pyridine rings is 1. The van der Waals surface area contributed by atoms with E-state index in [-0.39, 0.29) is 5.69 Å². The van der Waals surface area contributed by atoms with Gasteiger partial charge in [-0.1, -0.05) is 12.1 Å². The monoisotopic (exact) mass is 258 g/mol. The lowest BCUT2D eigenvalue weighted by Crippen LogP contribution is -2.05. The summed E-state index contributed by atoms with van der Waals surface area (Å²) < 4.78 is 0. The first-order valence-electron chi connectivity index (χ1n) is 5.76. The number of nitro benzene ring substituents is 1. The summed E-state index contributed by atoms with van der Waals surface area (Å²) in [5, 5.41) is 13.8. The molecule has 0 spiro atoms. The van der Waals surface area contributed by atoms with Gasteiger partial charge in [0, 0.05) is 24.9 Å². The van der Waals surface area contributed by atoms with Crippen LogP contribution in [0.2, 0.25) is 0 Å². The number of aryl methyl sites for hydroxylation is 1. The smallest absolute Gasteiger partial charge is 0.269 e. The fourth-order valence-corrected chi connectivity index (χ4v) is 1.68. The van der Waals surface area contributed by atoms with E-state index in [1.807, 2.05) is 19.1 Å². The summed E-state index contributed by atoms with van der Waals surface area (Å²) in [5.41, 5.74) is 8.30. The van der Waals surface area contributed by atoms with Gasteiger partial charge in [-0.15, -0.1) is 0 Å². The van der Waals surface area contributed by atoms with Crippen LogP contribution in [-0.4, -0.2) is 9.91 Å². The van der Waals surface area contributed by atoms with Crippen LogP contribution in [0, 0.1) is 17.0 Å². The first kappa shape index (κ1) is 12.8. The summed E-state index contributed by atoms with van der Waals surface area (Å²) in [7, 11) is 0. The molecule has 1 aromatic heterocycles. The zero-order chi connectivity index (χ0) is 13.8. The molecule has 2 rings (SSSR count). The zero-order valence-corrected chi connectivity index (χ0v) is 10.5. The average Bonchev–Trinajstić information content (AvgIpc) is 2.41. The summed E-state index contributed by atoms with van der Waals surface area (Å²) in [6.07, 6.45) is 1.67. The van der Waals surface area contributed by atoms with E-state index >= 15 is 0 Å². The van der Waals surface area contributed by atoms with Crippen LogP contribution in [0.5, 0.6) is 0 Å². The van der Waals surface area contributed by atoms with Crippen LogP contribution in [0.4, 0.5) is 17.2 Å². The van der Waals surface area contributed by atoms with Gasteiger partial charge < -0.3 is 11.1 Å². The molecular weight excluding hydrogens is 244 g/mol. The van der Waals surface area contributed by atoms with E-state index in [0.717, 1.165) is 11.1 Å². The topological polar surface area (TPSA) is 94.1 Å². The lowest BCUT2D eigenvalue weighted by molar-refractivity contribution is -0.384. The molecule has 6 heteroatoms. The van der Waals surface area contributed by atoms with Crippen molar-refractivity contribution in [3.8, 4) is 0 Å². The molecule has 0 radical (unpaired) electrons. The maximum atomic E-state index is 10.7. The van der Waals surface area contributed by atoms with Crippen LogP contribution in [0.25, 0.3) is 0 Å². The fourth-order valence-electron chi connectivity index (χ4n) is 1.68. The molecule has 0 fully saturated rings. The summed E-state index contributed by atoms with van der Waals surface area (Å²) in [5.74, 6) is 0.589. The van der Waals surface area contributed by atoms with Gasteiger partial charge in [0.05, 0.1) is 10.6 Å². The number of hydrogen-bond acceptors (Lipinski definition) is 5. The van der Waals surface area contributed by atoms with Crippen molar-refractivity contribution in [3.05, 3.63) is 57.8 Å². The molecule has 0 aliphatic heterocycles. The quantitative estimate of drug-likeness (QED) is 0.649. The van der Waals surface area contributed by atoms with Crippen LogP contribution in [0.15, 0.2) is 36.5 Å². The van der Waals surface area contributed by atoms with E-state index < -0.39 is 4.92 Å².